The second-order valence-corrected chi connectivity index (χ2v) is 13.8. The predicted molar refractivity (Wildman–Crippen MR) is 140 cm³/mol. The Morgan fingerprint density at radius 2 is 1.78 bits per heavy atom. The Kier molecular flexibility index (Phi) is 5.75. The summed E-state index contributed by atoms with van der Waals surface area (Å²) in [6.07, 6.45) is 10.2. The number of hydrogen-bond acceptors (Lipinski definition) is 4. The number of ketones is 2. The lowest BCUT2D eigenvalue weighted by atomic mass is 9.39. The van der Waals surface area contributed by atoms with E-state index >= 15 is 0 Å². The molecule has 3 saturated carbocycles. The minimum absolute atomic E-state index is 0. The molecule has 5 aliphatic carbocycles. The Hall–Kier alpha value is -2.22. The van der Waals surface area contributed by atoms with Crippen LogP contribution in [0.25, 0.3) is 0 Å². The molecule has 0 bridgehead atoms. The number of carbonyl (C=O) groups excluding carboxylic acids is 3. The molecule has 0 aromatic rings. The van der Waals surface area contributed by atoms with Gasteiger partial charge in [0.1, 0.15) is 6.07 Å². The van der Waals surface area contributed by atoms with Crippen molar-refractivity contribution in [2.24, 2.45) is 51.2 Å². The number of rotatable bonds is 2. The number of amides is 1. The summed E-state index contributed by atoms with van der Waals surface area (Å²) in [5.74, 6) is 0.249. The zero-order chi connectivity index (χ0) is 26.3. The van der Waals surface area contributed by atoms with Gasteiger partial charge in [0.15, 0.2) is 11.6 Å². The van der Waals surface area contributed by atoms with Gasteiger partial charge in [-0.15, -0.1) is 0 Å². The normalized spacial score (nSPS) is 45.1. The van der Waals surface area contributed by atoms with Gasteiger partial charge in [-0.3, -0.25) is 14.4 Å². The molecule has 0 spiro atoms. The first-order valence-electron chi connectivity index (χ1n) is 14.1. The number of Topliss-reactive ketones (excluding diaryl/α,β-unsaturated/α-hetero) is 1. The van der Waals surface area contributed by atoms with Gasteiger partial charge in [0.05, 0.1) is 11.0 Å². The number of fused-ring (bicyclic) bond motifs is 7. The third-order valence-corrected chi connectivity index (χ3v) is 11.5. The Labute approximate surface area is 217 Å². The van der Waals surface area contributed by atoms with Gasteiger partial charge in [0.25, 0.3) is 0 Å². The standard InChI is InChI=1S/C31H42N2O3.H2/c1-7-33-27(36)31-11-9-21-25(22(31)16-28(3,4)12-13-31)23(34)14-24-29(21,5)10-8-20-18(2)26(35)19(17-32)15-30(20,24)6;/h14-15,18,20-22,25H,7-13,16H2,1-6H3,(H,33,36);1H. The minimum Gasteiger partial charge on any atom is -0.356 e. The third kappa shape index (κ3) is 3.28. The quantitative estimate of drug-likeness (QED) is 0.527. The molecule has 36 heavy (non-hydrogen) atoms. The SMILES string of the molecule is CCNC(=O)C12CCC3C(C(=O)C=C4C5(C)C=C(C#N)C(=O)C(C)C5CCC43C)C1CC(C)(C)CC2.[HH]. The van der Waals surface area contributed by atoms with Crippen molar-refractivity contribution in [3.8, 4) is 6.07 Å². The first-order valence-corrected chi connectivity index (χ1v) is 14.1. The zero-order valence-electron chi connectivity index (χ0n) is 22.9. The van der Waals surface area contributed by atoms with E-state index in [1.165, 1.54) is 0 Å². The van der Waals surface area contributed by atoms with Crippen LogP contribution in [0, 0.1) is 62.6 Å². The van der Waals surface area contributed by atoms with E-state index in [0.29, 0.717) is 6.54 Å². The van der Waals surface area contributed by atoms with Crippen molar-refractivity contribution < 1.29 is 15.8 Å². The molecular formula is C31H44N2O3. The van der Waals surface area contributed by atoms with Crippen molar-refractivity contribution in [1.82, 2.24) is 5.32 Å². The fourth-order valence-electron chi connectivity index (χ4n) is 9.63. The maximum atomic E-state index is 14.2. The van der Waals surface area contributed by atoms with E-state index in [9.17, 15) is 19.6 Å². The molecule has 1 N–H and O–H groups in total. The molecule has 3 fully saturated rings. The van der Waals surface area contributed by atoms with Crippen LogP contribution < -0.4 is 5.32 Å². The van der Waals surface area contributed by atoms with Gasteiger partial charge in [-0.25, -0.2) is 0 Å². The lowest BCUT2D eigenvalue weighted by Crippen LogP contribution is -2.62. The molecule has 0 saturated heterocycles. The lowest BCUT2D eigenvalue weighted by Gasteiger charge is -2.64. The van der Waals surface area contributed by atoms with Crippen LogP contribution in [0.5, 0.6) is 0 Å². The van der Waals surface area contributed by atoms with E-state index in [0.717, 1.165) is 50.5 Å². The average molecular weight is 493 g/mol. The highest BCUT2D eigenvalue weighted by molar-refractivity contribution is 6.02. The number of allylic oxidation sites excluding steroid dienone is 4. The summed E-state index contributed by atoms with van der Waals surface area (Å²) in [5, 5.41) is 12.9. The van der Waals surface area contributed by atoms with Crippen molar-refractivity contribution in [1.29, 1.82) is 5.26 Å². The highest BCUT2D eigenvalue weighted by atomic mass is 16.2. The van der Waals surface area contributed by atoms with Crippen LogP contribution >= 0.6 is 0 Å². The highest BCUT2D eigenvalue weighted by Gasteiger charge is 2.65. The van der Waals surface area contributed by atoms with Crippen molar-refractivity contribution in [2.45, 2.75) is 86.5 Å². The number of nitrogens with zero attached hydrogens (tertiary/aromatic N) is 1. The summed E-state index contributed by atoms with van der Waals surface area (Å²) in [5.41, 5.74) is 0.396. The summed E-state index contributed by atoms with van der Waals surface area (Å²) >= 11 is 0. The maximum Gasteiger partial charge on any atom is 0.226 e. The molecule has 5 nitrogen and oxygen atoms in total. The van der Waals surface area contributed by atoms with E-state index in [4.69, 9.17) is 0 Å². The molecule has 0 heterocycles. The van der Waals surface area contributed by atoms with E-state index in [1.807, 2.05) is 26.0 Å². The highest BCUT2D eigenvalue weighted by Crippen LogP contribution is 2.69. The fourth-order valence-corrected chi connectivity index (χ4v) is 9.63. The maximum absolute atomic E-state index is 14.2. The molecule has 5 heteroatoms. The Morgan fingerprint density at radius 3 is 2.44 bits per heavy atom. The second-order valence-electron chi connectivity index (χ2n) is 13.8. The predicted octanol–water partition coefficient (Wildman–Crippen LogP) is 5.81. The summed E-state index contributed by atoms with van der Waals surface area (Å²) in [6.45, 7) is 13.6. The van der Waals surface area contributed by atoms with E-state index in [-0.39, 0.29) is 64.9 Å². The van der Waals surface area contributed by atoms with Crippen LogP contribution in [0.3, 0.4) is 0 Å². The molecule has 196 valence electrons. The van der Waals surface area contributed by atoms with Crippen LogP contribution in [0.4, 0.5) is 0 Å². The molecule has 0 aromatic carbocycles. The van der Waals surface area contributed by atoms with Gasteiger partial charge in [0, 0.05) is 25.2 Å². The van der Waals surface area contributed by atoms with Crippen molar-refractivity contribution in [3.05, 3.63) is 23.3 Å². The van der Waals surface area contributed by atoms with E-state index < -0.39 is 10.8 Å². The number of nitrogens with one attached hydrogen (secondary N) is 1. The van der Waals surface area contributed by atoms with Gasteiger partial charge in [-0.1, -0.05) is 46.3 Å². The minimum atomic E-state index is -0.466. The Morgan fingerprint density at radius 1 is 1.08 bits per heavy atom. The van der Waals surface area contributed by atoms with Crippen molar-refractivity contribution >= 4 is 17.5 Å². The Balaban J connectivity index is 0.00000320. The first-order chi connectivity index (χ1) is 16.8. The summed E-state index contributed by atoms with van der Waals surface area (Å²) < 4.78 is 0. The summed E-state index contributed by atoms with van der Waals surface area (Å²) in [7, 11) is 0. The molecule has 5 aliphatic rings. The first kappa shape index (κ1) is 25.4. The van der Waals surface area contributed by atoms with E-state index in [2.05, 4.69) is 39.1 Å². The molecule has 5 rings (SSSR count). The largest absolute Gasteiger partial charge is 0.356 e. The lowest BCUT2D eigenvalue weighted by molar-refractivity contribution is -0.160. The third-order valence-electron chi connectivity index (χ3n) is 11.5. The topological polar surface area (TPSA) is 87.0 Å². The molecular weight excluding hydrogens is 448 g/mol. The van der Waals surface area contributed by atoms with Crippen LogP contribution in [0.2, 0.25) is 0 Å². The van der Waals surface area contributed by atoms with Gasteiger partial charge >= 0.3 is 0 Å². The van der Waals surface area contributed by atoms with Crippen molar-refractivity contribution in [3.63, 3.8) is 0 Å². The smallest absolute Gasteiger partial charge is 0.226 e. The van der Waals surface area contributed by atoms with Crippen LogP contribution in [0.15, 0.2) is 23.3 Å². The van der Waals surface area contributed by atoms with Gasteiger partial charge in [-0.2, -0.15) is 5.26 Å². The van der Waals surface area contributed by atoms with Gasteiger partial charge in [-0.05, 0) is 86.5 Å². The van der Waals surface area contributed by atoms with Crippen LogP contribution in [-0.2, 0) is 14.4 Å². The molecule has 0 radical (unpaired) electrons. The molecule has 8 unspecified atom stereocenters. The monoisotopic (exact) mass is 492 g/mol. The number of nitriles is 1. The van der Waals surface area contributed by atoms with Gasteiger partial charge < -0.3 is 5.32 Å². The summed E-state index contributed by atoms with van der Waals surface area (Å²) in [4.78, 5) is 40.6. The number of hydrogen-bond donors (Lipinski definition) is 1. The fraction of sp³-hybridized carbons (Fsp3) is 0.742. The molecule has 0 aliphatic heterocycles. The van der Waals surface area contributed by atoms with Crippen LogP contribution in [0.1, 0.15) is 87.9 Å². The average Bonchev–Trinajstić information content (AvgIpc) is 2.82. The van der Waals surface area contributed by atoms with E-state index in [1.54, 1.807) is 0 Å². The zero-order valence-corrected chi connectivity index (χ0v) is 22.9. The molecule has 0 aromatic heterocycles. The van der Waals surface area contributed by atoms with Gasteiger partial charge in [0.2, 0.25) is 5.91 Å². The second kappa shape index (κ2) is 8.14. The molecule has 1 amide bonds. The molecule has 8 atom stereocenters. The summed E-state index contributed by atoms with van der Waals surface area (Å²) in [6, 6.07) is 2.15. The Bertz CT molecular complexity index is 1130. The van der Waals surface area contributed by atoms with Crippen molar-refractivity contribution in [2.75, 3.05) is 6.54 Å². The number of carbonyl (C=O) groups is 3. The van der Waals surface area contributed by atoms with Crippen LogP contribution in [-0.4, -0.2) is 24.0 Å².